The van der Waals surface area contributed by atoms with E-state index in [2.05, 4.69) is 5.32 Å². The molecule has 2 aromatic carbocycles. The van der Waals surface area contributed by atoms with E-state index in [9.17, 15) is 18.4 Å². The lowest BCUT2D eigenvalue weighted by Crippen LogP contribution is -2.48. The average Bonchev–Trinajstić information content (AvgIpc) is 3.28. The molecule has 3 aromatic rings. The SMILES string of the molecule is CNC(=O)[C@@H](N)CCN(C(=O)CN)[C@@H](c1cc(-c2cc(F)ccc2F)cn1Cc1ccccc1)C(C)(C)C. The van der Waals surface area contributed by atoms with Gasteiger partial charge in [0.15, 0.2) is 0 Å². The first kappa shape index (κ1) is 29.0. The molecule has 9 heteroatoms. The van der Waals surface area contributed by atoms with E-state index < -0.39 is 29.1 Å². The Bertz CT molecular complexity index is 1250. The Labute approximate surface area is 222 Å². The van der Waals surface area contributed by atoms with Crippen LogP contribution in [0.3, 0.4) is 0 Å². The summed E-state index contributed by atoms with van der Waals surface area (Å²) >= 11 is 0. The zero-order valence-electron chi connectivity index (χ0n) is 22.4. The van der Waals surface area contributed by atoms with Crippen LogP contribution in [-0.2, 0) is 16.1 Å². The number of carbonyl (C=O) groups is 2. The number of amides is 2. The number of benzene rings is 2. The van der Waals surface area contributed by atoms with Gasteiger partial charge in [0.1, 0.15) is 11.6 Å². The molecule has 0 radical (unpaired) electrons. The molecule has 0 spiro atoms. The first-order chi connectivity index (χ1) is 18.0. The molecular formula is C29H37F2N5O2. The first-order valence-corrected chi connectivity index (χ1v) is 12.6. The molecule has 0 unspecified atom stereocenters. The lowest BCUT2D eigenvalue weighted by Gasteiger charge is -2.41. The molecule has 0 aliphatic heterocycles. The standard InChI is InChI=1S/C29H37F2N5O2/c1-29(2,3)27(36(26(37)16-32)13-12-24(33)28(38)34-4)25-14-20(22-15-21(30)10-11-23(22)31)18-35(25)17-19-8-6-5-7-9-19/h5-11,14-15,18,24,27H,12-13,16-17,32-33H2,1-4H3,(H,34,38)/t24-,27-/m0/s1. The summed E-state index contributed by atoms with van der Waals surface area (Å²) in [6.07, 6.45) is 2.00. The van der Waals surface area contributed by atoms with Crippen molar-refractivity contribution in [2.24, 2.45) is 16.9 Å². The minimum atomic E-state index is -0.804. The van der Waals surface area contributed by atoms with Crippen LogP contribution in [0.4, 0.5) is 8.78 Å². The number of nitrogens with one attached hydrogen (secondary N) is 1. The predicted molar refractivity (Wildman–Crippen MR) is 145 cm³/mol. The van der Waals surface area contributed by atoms with E-state index >= 15 is 0 Å². The highest BCUT2D eigenvalue weighted by atomic mass is 19.1. The Morgan fingerprint density at radius 3 is 2.37 bits per heavy atom. The minimum absolute atomic E-state index is 0.129. The summed E-state index contributed by atoms with van der Waals surface area (Å²) in [4.78, 5) is 26.9. The molecule has 5 N–H and O–H groups in total. The van der Waals surface area contributed by atoms with Crippen LogP contribution < -0.4 is 16.8 Å². The summed E-state index contributed by atoms with van der Waals surface area (Å²) in [5, 5.41) is 2.53. The summed E-state index contributed by atoms with van der Waals surface area (Å²) in [5.41, 5.74) is 13.7. The van der Waals surface area contributed by atoms with Gasteiger partial charge in [-0.25, -0.2) is 8.78 Å². The van der Waals surface area contributed by atoms with E-state index in [0.29, 0.717) is 12.1 Å². The molecule has 7 nitrogen and oxygen atoms in total. The van der Waals surface area contributed by atoms with Crippen molar-refractivity contribution in [3.05, 3.63) is 83.7 Å². The van der Waals surface area contributed by atoms with Crippen molar-refractivity contribution in [3.63, 3.8) is 0 Å². The number of aromatic nitrogens is 1. The second-order valence-corrected chi connectivity index (χ2v) is 10.5. The first-order valence-electron chi connectivity index (χ1n) is 12.6. The molecule has 0 aliphatic rings. The van der Waals surface area contributed by atoms with Crippen LogP contribution >= 0.6 is 0 Å². The van der Waals surface area contributed by atoms with Gasteiger partial charge in [0.05, 0.1) is 18.6 Å². The van der Waals surface area contributed by atoms with Crippen LogP contribution in [0.2, 0.25) is 0 Å². The quantitative estimate of drug-likeness (QED) is 0.374. The van der Waals surface area contributed by atoms with Crippen LogP contribution in [0.1, 0.15) is 44.5 Å². The van der Waals surface area contributed by atoms with Crippen molar-refractivity contribution in [1.82, 2.24) is 14.8 Å². The highest BCUT2D eigenvalue weighted by molar-refractivity contribution is 5.81. The monoisotopic (exact) mass is 525 g/mol. The van der Waals surface area contributed by atoms with E-state index in [4.69, 9.17) is 11.5 Å². The van der Waals surface area contributed by atoms with E-state index in [1.54, 1.807) is 17.2 Å². The van der Waals surface area contributed by atoms with Gasteiger partial charge in [-0.05, 0) is 41.7 Å². The van der Waals surface area contributed by atoms with Crippen molar-refractivity contribution in [2.45, 2.75) is 45.8 Å². The van der Waals surface area contributed by atoms with Crippen LogP contribution in [0, 0.1) is 17.0 Å². The number of rotatable bonds is 10. The van der Waals surface area contributed by atoms with Crippen molar-refractivity contribution in [2.75, 3.05) is 20.1 Å². The molecule has 0 fully saturated rings. The molecule has 0 saturated carbocycles. The average molecular weight is 526 g/mol. The Morgan fingerprint density at radius 1 is 1.08 bits per heavy atom. The lowest BCUT2D eigenvalue weighted by molar-refractivity contribution is -0.135. The van der Waals surface area contributed by atoms with Gasteiger partial charge in [-0.2, -0.15) is 0 Å². The second kappa shape index (κ2) is 12.3. The number of hydrogen-bond acceptors (Lipinski definition) is 4. The fourth-order valence-electron chi connectivity index (χ4n) is 4.72. The van der Waals surface area contributed by atoms with Crippen LogP contribution in [0.15, 0.2) is 60.8 Å². The van der Waals surface area contributed by atoms with Gasteiger partial charge < -0.3 is 26.3 Å². The number of carbonyl (C=O) groups excluding carboxylic acids is 2. The van der Waals surface area contributed by atoms with Crippen molar-refractivity contribution in [3.8, 4) is 11.1 Å². The van der Waals surface area contributed by atoms with Gasteiger partial charge in [-0.3, -0.25) is 9.59 Å². The van der Waals surface area contributed by atoms with Crippen LogP contribution in [0.5, 0.6) is 0 Å². The maximum atomic E-state index is 14.8. The van der Waals surface area contributed by atoms with Gasteiger partial charge in [0.25, 0.3) is 0 Å². The molecule has 204 valence electrons. The predicted octanol–water partition coefficient (Wildman–Crippen LogP) is 3.82. The van der Waals surface area contributed by atoms with E-state index in [1.165, 1.54) is 13.1 Å². The van der Waals surface area contributed by atoms with Gasteiger partial charge in [-0.15, -0.1) is 0 Å². The summed E-state index contributed by atoms with van der Waals surface area (Å²) < 4.78 is 30.9. The molecule has 1 aromatic heterocycles. The third-order valence-corrected chi connectivity index (χ3v) is 6.54. The van der Waals surface area contributed by atoms with Crippen molar-refractivity contribution in [1.29, 1.82) is 0 Å². The zero-order chi connectivity index (χ0) is 28.0. The zero-order valence-corrected chi connectivity index (χ0v) is 22.4. The lowest BCUT2D eigenvalue weighted by atomic mass is 9.82. The Morgan fingerprint density at radius 2 is 1.76 bits per heavy atom. The van der Waals surface area contributed by atoms with Crippen molar-refractivity contribution >= 4 is 11.8 Å². The summed E-state index contributed by atoms with van der Waals surface area (Å²) in [6, 6.07) is 13.6. The summed E-state index contributed by atoms with van der Waals surface area (Å²) in [5.74, 6) is -1.73. The number of nitrogens with zero attached hydrogens (tertiary/aromatic N) is 2. The minimum Gasteiger partial charge on any atom is -0.358 e. The molecule has 3 rings (SSSR count). The second-order valence-electron chi connectivity index (χ2n) is 10.5. The maximum absolute atomic E-state index is 14.8. The van der Waals surface area contributed by atoms with Crippen LogP contribution in [-0.4, -0.2) is 47.5 Å². The summed E-state index contributed by atoms with van der Waals surface area (Å²) in [7, 11) is 1.51. The van der Waals surface area contributed by atoms with E-state index in [0.717, 1.165) is 23.4 Å². The van der Waals surface area contributed by atoms with Crippen molar-refractivity contribution < 1.29 is 18.4 Å². The molecule has 1 heterocycles. The molecule has 2 atom stereocenters. The van der Waals surface area contributed by atoms with E-state index in [1.807, 2.05) is 55.7 Å². The molecule has 38 heavy (non-hydrogen) atoms. The van der Waals surface area contributed by atoms with Gasteiger partial charge >= 0.3 is 0 Å². The number of nitrogens with two attached hydrogens (primary N) is 2. The number of likely N-dealkylation sites (N-methyl/N-ethyl adjacent to an activating group) is 1. The summed E-state index contributed by atoms with van der Waals surface area (Å²) in [6.45, 7) is 6.39. The molecule has 0 saturated heterocycles. The normalized spacial score (nSPS) is 13.2. The highest BCUT2D eigenvalue weighted by Crippen LogP contribution is 2.41. The van der Waals surface area contributed by atoms with Gasteiger partial charge in [0, 0.05) is 43.2 Å². The Balaban J connectivity index is 2.16. The van der Waals surface area contributed by atoms with Gasteiger partial charge in [0.2, 0.25) is 11.8 Å². The number of halogens is 2. The fourth-order valence-corrected chi connectivity index (χ4v) is 4.72. The van der Waals surface area contributed by atoms with E-state index in [-0.39, 0.29) is 36.9 Å². The van der Waals surface area contributed by atoms with Crippen LogP contribution in [0.25, 0.3) is 11.1 Å². The topological polar surface area (TPSA) is 106 Å². The highest BCUT2D eigenvalue weighted by Gasteiger charge is 2.37. The number of hydrogen-bond donors (Lipinski definition) is 3. The third-order valence-electron chi connectivity index (χ3n) is 6.54. The maximum Gasteiger partial charge on any atom is 0.236 e. The molecular weight excluding hydrogens is 488 g/mol. The molecule has 0 aliphatic carbocycles. The smallest absolute Gasteiger partial charge is 0.236 e. The fraction of sp³-hybridized carbons (Fsp3) is 0.379. The third kappa shape index (κ3) is 6.85. The Hall–Kier alpha value is -3.56. The molecule has 0 bridgehead atoms. The largest absolute Gasteiger partial charge is 0.358 e. The Kier molecular flexibility index (Phi) is 9.40. The van der Waals surface area contributed by atoms with Gasteiger partial charge in [-0.1, -0.05) is 51.1 Å². The molecule has 2 amide bonds.